The van der Waals surface area contributed by atoms with E-state index in [2.05, 4.69) is 0 Å². The zero-order valence-corrected chi connectivity index (χ0v) is 13.6. The van der Waals surface area contributed by atoms with E-state index in [1.807, 2.05) is 0 Å². The molecule has 7 heteroatoms. The molecular weight excluding hydrogens is 316 g/mol. The predicted octanol–water partition coefficient (Wildman–Crippen LogP) is 1.04. The summed E-state index contributed by atoms with van der Waals surface area (Å²) in [6.07, 6.45) is -4.37. The summed E-state index contributed by atoms with van der Waals surface area (Å²) >= 11 is 0. The molecule has 1 aliphatic rings. The van der Waals surface area contributed by atoms with Crippen molar-refractivity contribution in [3.05, 3.63) is 40.8 Å². The number of aliphatic hydroxyl groups is 2. The summed E-state index contributed by atoms with van der Waals surface area (Å²) in [5.74, 6) is 0.244. The molecule has 2 aromatic rings. The number of benzene rings is 1. The quantitative estimate of drug-likeness (QED) is 0.808. The lowest BCUT2D eigenvalue weighted by Gasteiger charge is -2.46. The van der Waals surface area contributed by atoms with E-state index in [1.54, 1.807) is 38.1 Å². The summed E-state index contributed by atoms with van der Waals surface area (Å²) in [6, 6.07) is 8.03. The number of methoxy groups -OCH3 is 1. The minimum Gasteiger partial charge on any atom is -0.458 e. The number of hydrogen-bond acceptors (Lipinski definition) is 7. The highest BCUT2D eigenvalue weighted by atomic mass is 16.7. The van der Waals surface area contributed by atoms with Gasteiger partial charge in [0.2, 0.25) is 6.29 Å². The molecule has 0 spiro atoms. The Morgan fingerprint density at radius 1 is 1.12 bits per heavy atom. The van der Waals surface area contributed by atoms with Crippen LogP contribution in [0.4, 0.5) is 0 Å². The molecule has 0 aliphatic carbocycles. The van der Waals surface area contributed by atoms with Crippen molar-refractivity contribution < 1.29 is 28.8 Å². The van der Waals surface area contributed by atoms with Crippen molar-refractivity contribution in [3.8, 4) is 5.75 Å². The first-order chi connectivity index (χ1) is 11.3. The Bertz CT molecular complexity index is 782. The zero-order valence-electron chi connectivity index (χ0n) is 13.6. The Morgan fingerprint density at radius 2 is 1.88 bits per heavy atom. The van der Waals surface area contributed by atoms with Crippen LogP contribution in [0.25, 0.3) is 11.0 Å². The summed E-state index contributed by atoms with van der Waals surface area (Å²) in [5, 5.41) is 21.2. The molecule has 130 valence electrons. The first-order valence-corrected chi connectivity index (χ1v) is 7.60. The summed E-state index contributed by atoms with van der Waals surface area (Å²) < 4.78 is 21.9. The molecule has 3 rings (SSSR count). The first kappa shape index (κ1) is 16.9. The Balaban J connectivity index is 1.94. The molecule has 0 amide bonds. The molecular formula is C17H20O7. The van der Waals surface area contributed by atoms with Gasteiger partial charge in [0.15, 0.2) is 11.3 Å². The number of aliphatic hydroxyl groups excluding tert-OH is 2. The largest absolute Gasteiger partial charge is 0.458 e. The molecule has 7 nitrogen and oxygen atoms in total. The minimum absolute atomic E-state index is 0.244. The van der Waals surface area contributed by atoms with E-state index in [-0.39, 0.29) is 11.3 Å². The van der Waals surface area contributed by atoms with Crippen LogP contribution in [-0.2, 0) is 9.47 Å². The van der Waals surface area contributed by atoms with E-state index in [0.717, 1.165) is 0 Å². The topological polar surface area (TPSA) is 98.4 Å². The molecule has 0 bridgehead atoms. The van der Waals surface area contributed by atoms with Gasteiger partial charge in [-0.15, -0.1) is 0 Å². The Morgan fingerprint density at radius 3 is 2.58 bits per heavy atom. The van der Waals surface area contributed by atoms with E-state index in [4.69, 9.17) is 18.6 Å². The van der Waals surface area contributed by atoms with E-state index in [9.17, 15) is 15.0 Å². The molecule has 4 atom stereocenters. The van der Waals surface area contributed by atoms with E-state index < -0.39 is 35.8 Å². The lowest BCUT2D eigenvalue weighted by Crippen LogP contribution is -2.63. The molecule has 2 N–H and O–H groups in total. The van der Waals surface area contributed by atoms with Gasteiger partial charge in [-0.2, -0.15) is 0 Å². The van der Waals surface area contributed by atoms with Crippen LogP contribution in [0.1, 0.15) is 13.8 Å². The van der Waals surface area contributed by atoms with Crippen molar-refractivity contribution >= 4 is 11.0 Å². The molecule has 1 saturated heterocycles. The highest BCUT2D eigenvalue weighted by Crippen LogP contribution is 2.34. The van der Waals surface area contributed by atoms with Crippen molar-refractivity contribution in [2.24, 2.45) is 0 Å². The second-order valence-corrected chi connectivity index (χ2v) is 6.27. The number of hydrogen-bond donors (Lipinski definition) is 2. The maximum atomic E-state index is 11.5. The second-order valence-electron chi connectivity index (χ2n) is 6.27. The van der Waals surface area contributed by atoms with Crippen LogP contribution in [0.3, 0.4) is 0 Å². The molecule has 2 heterocycles. The standard InChI is InChI=1S/C17H20O7/c1-17(2)15(21-3)12(19)13(20)16(24-17)22-10-6-4-5-9-7-8-11(18)23-14(9)10/h4-8,12-13,15-16,19-20H,1-3H3. The van der Waals surface area contributed by atoms with Crippen LogP contribution in [0, 0.1) is 0 Å². The second kappa shape index (κ2) is 6.18. The van der Waals surface area contributed by atoms with Crippen molar-refractivity contribution in [2.45, 2.75) is 44.1 Å². The van der Waals surface area contributed by atoms with Gasteiger partial charge in [-0.05, 0) is 26.0 Å². The van der Waals surface area contributed by atoms with Crippen LogP contribution >= 0.6 is 0 Å². The van der Waals surface area contributed by atoms with Gasteiger partial charge >= 0.3 is 5.63 Å². The van der Waals surface area contributed by atoms with Crippen LogP contribution in [0.15, 0.2) is 39.5 Å². The fourth-order valence-corrected chi connectivity index (χ4v) is 2.99. The van der Waals surface area contributed by atoms with Crippen LogP contribution in [-0.4, -0.2) is 47.5 Å². The third-order valence-corrected chi connectivity index (χ3v) is 4.15. The Kier molecular flexibility index (Phi) is 4.35. The number of fused-ring (bicyclic) bond motifs is 1. The lowest BCUT2D eigenvalue weighted by molar-refractivity contribution is -0.305. The van der Waals surface area contributed by atoms with Crippen LogP contribution in [0.2, 0.25) is 0 Å². The van der Waals surface area contributed by atoms with Crippen LogP contribution in [0.5, 0.6) is 5.75 Å². The van der Waals surface area contributed by atoms with Gasteiger partial charge in [-0.25, -0.2) is 4.79 Å². The van der Waals surface area contributed by atoms with Gasteiger partial charge in [0.05, 0.1) is 5.60 Å². The molecule has 0 radical (unpaired) electrons. The summed E-state index contributed by atoms with van der Waals surface area (Å²) in [4.78, 5) is 11.5. The fourth-order valence-electron chi connectivity index (χ4n) is 2.99. The Labute approximate surface area is 138 Å². The third-order valence-electron chi connectivity index (χ3n) is 4.15. The molecule has 0 saturated carbocycles. The van der Waals surface area contributed by atoms with Crippen molar-refractivity contribution in [3.63, 3.8) is 0 Å². The van der Waals surface area contributed by atoms with E-state index >= 15 is 0 Å². The van der Waals surface area contributed by atoms with Gasteiger partial charge in [0.1, 0.15) is 18.3 Å². The van der Waals surface area contributed by atoms with E-state index in [1.165, 1.54) is 13.2 Å². The van der Waals surface area contributed by atoms with Crippen molar-refractivity contribution in [1.82, 2.24) is 0 Å². The molecule has 4 unspecified atom stereocenters. The molecule has 24 heavy (non-hydrogen) atoms. The highest BCUT2D eigenvalue weighted by Gasteiger charge is 2.50. The normalized spacial score (nSPS) is 29.5. The van der Waals surface area contributed by atoms with Crippen molar-refractivity contribution in [2.75, 3.05) is 7.11 Å². The number of rotatable bonds is 3. The average molecular weight is 336 g/mol. The molecule has 1 aliphatic heterocycles. The maximum absolute atomic E-state index is 11.5. The molecule has 1 aromatic heterocycles. The van der Waals surface area contributed by atoms with Gasteiger partial charge in [-0.3, -0.25) is 0 Å². The van der Waals surface area contributed by atoms with Crippen molar-refractivity contribution in [1.29, 1.82) is 0 Å². The highest BCUT2D eigenvalue weighted by molar-refractivity contribution is 5.82. The third kappa shape index (κ3) is 2.91. The average Bonchev–Trinajstić information content (AvgIpc) is 2.53. The molecule has 1 fully saturated rings. The number of ether oxygens (including phenoxy) is 3. The minimum atomic E-state index is -1.33. The first-order valence-electron chi connectivity index (χ1n) is 7.60. The molecule has 1 aromatic carbocycles. The number of para-hydroxylation sites is 1. The van der Waals surface area contributed by atoms with Crippen LogP contribution < -0.4 is 10.4 Å². The maximum Gasteiger partial charge on any atom is 0.336 e. The fraction of sp³-hybridized carbons (Fsp3) is 0.471. The lowest BCUT2D eigenvalue weighted by atomic mass is 9.89. The van der Waals surface area contributed by atoms with Gasteiger partial charge in [0.25, 0.3) is 0 Å². The SMILES string of the molecule is COC1C(O)C(O)C(Oc2cccc3ccc(=O)oc23)OC1(C)C. The smallest absolute Gasteiger partial charge is 0.336 e. The monoisotopic (exact) mass is 336 g/mol. The van der Waals surface area contributed by atoms with Gasteiger partial charge < -0.3 is 28.8 Å². The summed E-state index contributed by atoms with van der Waals surface area (Å²) in [6.45, 7) is 3.46. The van der Waals surface area contributed by atoms with Gasteiger partial charge in [0, 0.05) is 18.6 Å². The Hall–Kier alpha value is -1.93. The van der Waals surface area contributed by atoms with Gasteiger partial charge in [-0.1, -0.05) is 12.1 Å². The van der Waals surface area contributed by atoms with E-state index in [0.29, 0.717) is 5.39 Å². The summed E-state index contributed by atoms with van der Waals surface area (Å²) in [5.41, 5.74) is -1.14. The predicted molar refractivity (Wildman–Crippen MR) is 84.9 cm³/mol. The summed E-state index contributed by atoms with van der Waals surface area (Å²) in [7, 11) is 1.44. The zero-order chi connectivity index (χ0) is 17.5.